The van der Waals surface area contributed by atoms with Crippen molar-refractivity contribution in [2.75, 3.05) is 32.7 Å². The molecule has 4 nitrogen and oxygen atoms in total. The number of rotatable bonds is 4. The van der Waals surface area contributed by atoms with Gasteiger partial charge in [-0.3, -0.25) is 9.69 Å². The van der Waals surface area contributed by atoms with Gasteiger partial charge < -0.3 is 10.6 Å². The van der Waals surface area contributed by atoms with Gasteiger partial charge >= 0.3 is 0 Å². The highest BCUT2D eigenvalue weighted by Gasteiger charge is 2.45. The average Bonchev–Trinajstić information content (AvgIpc) is 2.77. The van der Waals surface area contributed by atoms with Crippen molar-refractivity contribution in [3.8, 4) is 0 Å². The number of carbonyl (C=O) groups excluding carboxylic acids is 1. The Morgan fingerprint density at radius 3 is 2.45 bits per heavy atom. The molecule has 1 aliphatic heterocycles. The predicted octanol–water partition coefficient (Wildman–Crippen LogP) is 1.69. The highest BCUT2D eigenvalue weighted by molar-refractivity contribution is 5.83. The molecule has 116 valence electrons. The first-order chi connectivity index (χ1) is 9.43. The molecule has 1 heterocycles. The molecule has 0 aromatic carbocycles. The molecule has 1 saturated heterocycles. The maximum absolute atomic E-state index is 12.7. The van der Waals surface area contributed by atoms with Crippen LogP contribution in [-0.2, 0) is 4.79 Å². The summed E-state index contributed by atoms with van der Waals surface area (Å²) in [5.41, 5.74) is 5.87. The highest BCUT2D eigenvalue weighted by atomic mass is 16.2. The Labute approximate surface area is 123 Å². The van der Waals surface area contributed by atoms with Gasteiger partial charge in [-0.25, -0.2) is 0 Å². The second-order valence-corrected chi connectivity index (χ2v) is 7.23. The summed E-state index contributed by atoms with van der Waals surface area (Å²) in [5, 5.41) is 0. The zero-order valence-corrected chi connectivity index (χ0v) is 13.4. The number of piperazine rings is 1. The van der Waals surface area contributed by atoms with Crippen molar-refractivity contribution in [1.29, 1.82) is 0 Å². The van der Waals surface area contributed by atoms with Crippen molar-refractivity contribution in [1.82, 2.24) is 9.80 Å². The Balaban J connectivity index is 1.83. The molecule has 20 heavy (non-hydrogen) atoms. The van der Waals surface area contributed by atoms with Gasteiger partial charge in [0.15, 0.2) is 0 Å². The lowest BCUT2D eigenvalue weighted by Gasteiger charge is -2.40. The highest BCUT2D eigenvalue weighted by Crippen LogP contribution is 2.38. The van der Waals surface area contributed by atoms with Gasteiger partial charge in [0.1, 0.15) is 0 Å². The van der Waals surface area contributed by atoms with E-state index in [1.165, 1.54) is 6.42 Å². The summed E-state index contributed by atoms with van der Waals surface area (Å²) in [6.45, 7) is 11.5. The van der Waals surface area contributed by atoms with Crippen molar-refractivity contribution in [3.05, 3.63) is 0 Å². The zero-order chi connectivity index (χ0) is 14.8. The quantitative estimate of drug-likeness (QED) is 0.853. The Bertz CT molecular complexity index is 337. The van der Waals surface area contributed by atoms with Crippen molar-refractivity contribution in [3.63, 3.8) is 0 Å². The van der Waals surface area contributed by atoms with Crippen molar-refractivity contribution in [2.45, 2.75) is 52.5 Å². The Morgan fingerprint density at radius 2 is 1.95 bits per heavy atom. The summed E-state index contributed by atoms with van der Waals surface area (Å²) < 4.78 is 0. The number of hydrogen-bond donors (Lipinski definition) is 1. The van der Waals surface area contributed by atoms with Crippen LogP contribution in [0.1, 0.15) is 46.5 Å². The van der Waals surface area contributed by atoms with E-state index in [0.29, 0.717) is 5.91 Å². The molecule has 2 fully saturated rings. The Hall–Kier alpha value is -0.610. The lowest BCUT2D eigenvalue weighted by atomic mass is 9.83. The van der Waals surface area contributed by atoms with Gasteiger partial charge in [-0.2, -0.15) is 0 Å². The molecule has 2 rings (SSSR count). The van der Waals surface area contributed by atoms with Gasteiger partial charge in [-0.15, -0.1) is 0 Å². The van der Waals surface area contributed by atoms with Crippen molar-refractivity contribution in [2.24, 2.45) is 17.1 Å². The predicted molar refractivity (Wildman–Crippen MR) is 82.4 cm³/mol. The number of nitrogens with zero attached hydrogens (tertiary/aromatic N) is 2. The van der Waals surface area contributed by atoms with Gasteiger partial charge in [0, 0.05) is 32.2 Å². The van der Waals surface area contributed by atoms with Gasteiger partial charge in [0.25, 0.3) is 0 Å². The van der Waals surface area contributed by atoms with Gasteiger partial charge in [0.2, 0.25) is 5.91 Å². The topological polar surface area (TPSA) is 49.6 Å². The standard InChI is InChI=1S/C16H31N3O/c1-13(2)6-8-18-9-11-19(12-10-18)15(20)16(3)7-4-5-14(16)17/h13-14H,4-12,17H2,1-3H3. The zero-order valence-electron chi connectivity index (χ0n) is 13.4. The van der Waals surface area contributed by atoms with E-state index >= 15 is 0 Å². The lowest BCUT2D eigenvalue weighted by molar-refractivity contribution is -0.143. The van der Waals surface area contributed by atoms with Crippen LogP contribution in [0, 0.1) is 11.3 Å². The number of amides is 1. The number of carbonyl (C=O) groups is 1. The number of hydrogen-bond acceptors (Lipinski definition) is 3. The van der Waals surface area contributed by atoms with E-state index in [2.05, 4.69) is 30.6 Å². The Morgan fingerprint density at radius 1 is 1.30 bits per heavy atom. The first-order valence-electron chi connectivity index (χ1n) is 8.21. The molecule has 2 unspecified atom stereocenters. The van der Waals surface area contributed by atoms with Crippen LogP contribution in [0.15, 0.2) is 0 Å². The summed E-state index contributed by atoms with van der Waals surface area (Å²) in [6.07, 6.45) is 4.30. The monoisotopic (exact) mass is 281 g/mol. The second kappa shape index (κ2) is 6.44. The van der Waals surface area contributed by atoms with Crippen molar-refractivity contribution >= 4 is 5.91 Å². The van der Waals surface area contributed by atoms with Gasteiger partial charge in [0.05, 0.1) is 5.41 Å². The molecule has 0 spiro atoms. The normalized spacial score (nSPS) is 32.0. The van der Waals surface area contributed by atoms with Crippen LogP contribution in [0.4, 0.5) is 0 Å². The molecule has 2 atom stereocenters. The van der Waals surface area contributed by atoms with Crippen LogP contribution >= 0.6 is 0 Å². The molecule has 1 saturated carbocycles. The summed E-state index contributed by atoms with van der Waals surface area (Å²) in [6, 6.07) is 0.0500. The first-order valence-corrected chi connectivity index (χ1v) is 8.21. The number of nitrogens with two attached hydrogens (primary N) is 1. The minimum atomic E-state index is -0.305. The van der Waals surface area contributed by atoms with Crippen molar-refractivity contribution < 1.29 is 4.79 Å². The fourth-order valence-electron chi connectivity index (χ4n) is 3.44. The Kier molecular flexibility index (Phi) is 5.08. The molecular formula is C16H31N3O. The van der Waals surface area contributed by atoms with E-state index < -0.39 is 0 Å². The van der Waals surface area contributed by atoms with E-state index in [1.807, 2.05) is 0 Å². The second-order valence-electron chi connectivity index (χ2n) is 7.23. The first kappa shape index (κ1) is 15.8. The van der Waals surface area contributed by atoms with E-state index in [0.717, 1.165) is 57.9 Å². The largest absolute Gasteiger partial charge is 0.340 e. The van der Waals surface area contributed by atoms with Crippen LogP contribution < -0.4 is 5.73 Å². The minimum absolute atomic E-state index is 0.0500. The summed E-state index contributed by atoms with van der Waals surface area (Å²) in [7, 11) is 0. The minimum Gasteiger partial charge on any atom is -0.340 e. The van der Waals surface area contributed by atoms with E-state index in [9.17, 15) is 4.79 Å². The van der Waals surface area contributed by atoms with E-state index in [4.69, 9.17) is 5.73 Å². The third-order valence-electron chi connectivity index (χ3n) is 5.20. The van der Waals surface area contributed by atoms with Crippen LogP contribution in [0.5, 0.6) is 0 Å². The SMILES string of the molecule is CC(C)CCN1CCN(C(=O)C2(C)CCCC2N)CC1. The molecule has 1 aliphatic carbocycles. The molecule has 0 aromatic rings. The summed E-state index contributed by atoms with van der Waals surface area (Å²) in [5.74, 6) is 1.05. The van der Waals surface area contributed by atoms with Gasteiger partial charge in [-0.05, 0) is 38.6 Å². The lowest BCUT2D eigenvalue weighted by Crippen LogP contribution is -2.55. The van der Waals surface area contributed by atoms with E-state index in [1.54, 1.807) is 0 Å². The molecule has 0 radical (unpaired) electrons. The third-order valence-corrected chi connectivity index (χ3v) is 5.20. The molecule has 0 aromatic heterocycles. The molecule has 0 bridgehead atoms. The molecule has 2 aliphatic rings. The summed E-state index contributed by atoms with van der Waals surface area (Å²) in [4.78, 5) is 17.3. The third kappa shape index (κ3) is 3.34. The maximum Gasteiger partial charge on any atom is 0.230 e. The fraction of sp³-hybridized carbons (Fsp3) is 0.938. The molecule has 1 amide bonds. The maximum atomic E-state index is 12.7. The molecular weight excluding hydrogens is 250 g/mol. The molecule has 4 heteroatoms. The van der Waals surface area contributed by atoms with Gasteiger partial charge in [-0.1, -0.05) is 20.3 Å². The molecule has 2 N–H and O–H groups in total. The fourth-order valence-corrected chi connectivity index (χ4v) is 3.44. The van der Waals surface area contributed by atoms with Crippen LogP contribution in [0.2, 0.25) is 0 Å². The smallest absolute Gasteiger partial charge is 0.230 e. The van der Waals surface area contributed by atoms with Crippen LogP contribution in [0.3, 0.4) is 0 Å². The summed E-state index contributed by atoms with van der Waals surface area (Å²) >= 11 is 0. The average molecular weight is 281 g/mol. The van der Waals surface area contributed by atoms with Crippen LogP contribution in [0.25, 0.3) is 0 Å². The van der Waals surface area contributed by atoms with Crippen LogP contribution in [-0.4, -0.2) is 54.5 Å². The van der Waals surface area contributed by atoms with E-state index in [-0.39, 0.29) is 11.5 Å².